The fourth-order valence-corrected chi connectivity index (χ4v) is 2.97. The normalized spacial score (nSPS) is 17.7. The molecule has 1 aliphatic heterocycles. The van der Waals surface area contributed by atoms with Gasteiger partial charge in [0.25, 0.3) is 0 Å². The fraction of sp³-hybridized carbons (Fsp3) is 0.562. The van der Waals surface area contributed by atoms with Crippen LogP contribution in [0.2, 0.25) is 0 Å². The maximum atomic E-state index is 9.44. The highest BCUT2D eigenvalue weighted by Crippen LogP contribution is 2.24. The minimum absolute atomic E-state index is 0.177. The quantitative estimate of drug-likeness (QED) is 0.753. The molecule has 3 heterocycles. The average Bonchev–Trinajstić information content (AvgIpc) is 3.20. The predicted octanol–water partition coefficient (Wildman–Crippen LogP) is 1.44. The van der Waals surface area contributed by atoms with Gasteiger partial charge in [0.05, 0.1) is 18.8 Å². The second kappa shape index (κ2) is 7.41. The number of nitrogens with zero attached hydrogens (tertiary/aromatic N) is 5. The van der Waals surface area contributed by atoms with Crippen molar-refractivity contribution in [2.45, 2.75) is 38.8 Å². The minimum Gasteiger partial charge on any atom is -0.394 e. The van der Waals surface area contributed by atoms with Crippen LogP contribution in [0.5, 0.6) is 0 Å². The van der Waals surface area contributed by atoms with Gasteiger partial charge in [-0.2, -0.15) is 5.10 Å². The highest BCUT2D eigenvalue weighted by molar-refractivity contribution is 5.49. The molecule has 0 bridgehead atoms. The molecule has 124 valence electrons. The van der Waals surface area contributed by atoms with Crippen LogP contribution in [0.25, 0.3) is 0 Å². The first-order chi connectivity index (χ1) is 11.3. The molecule has 2 aromatic heterocycles. The molecule has 2 N–H and O–H groups in total. The summed E-state index contributed by atoms with van der Waals surface area (Å²) in [5, 5.41) is 17.1. The molecule has 0 radical (unpaired) electrons. The Labute approximate surface area is 136 Å². The van der Waals surface area contributed by atoms with Crippen molar-refractivity contribution in [2.24, 2.45) is 0 Å². The van der Waals surface area contributed by atoms with Crippen LogP contribution in [-0.2, 0) is 6.54 Å². The molecule has 1 atom stereocenters. The second-order valence-electron chi connectivity index (χ2n) is 5.99. The molecule has 7 nitrogen and oxygen atoms in total. The van der Waals surface area contributed by atoms with Crippen molar-refractivity contribution in [1.29, 1.82) is 0 Å². The molecule has 0 spiro atoms. The van der Waals surface area contributed by atoms with Crippen LogP contribution in [-0.4, -0.2) is 50.6 Å². The predicted molar refractivity (Wildman–Crippen MR) is 89.6 cm³/mol. The molecule has 3 rings (SSSR count). The van der Waals surface area contributed by atoms with Crippen LogP contribution in [0.3, 0.4) is 0 Å². The number of aryl methyl sites for hydroxylation is 2. The van der Waals surface area contributed by atoms with Crippen LogP contribution in [0.15, 0.2) is 24.8 Å². The van der Waals surface area contributed by atoms with E-state index in [-0.39, 0.29) is 12.6 Å². The van der Waals surface area contributed by atoms with Gasteiger partial charge >= 0.3 is 0 Å². The van der Waals surface area contributed by atoms with Crippen LogP contribution in [0.4, 0.5) is 11.6 Å². The number of nitrogens with one attached hydrogen (secondary N) is 1. The van der Waals surface area contributed by atoms with Gasteiger partial charge in [-0.05, 0) is 31.7 Å². The summed E-state index contributed by atoms with van der Waals surface area (Å²) in [5.41, 5.74) is 1.18. The minimum atomic E-state index is 0.177. The van der Waals surface area contributed by atoms with Gasteiger partial charge in [-0.1, -0.05) is 0 Å². The van der Waals surface area contributed by atoms with E-state index in [9.17, 15) is 5.11 Å². The number of hydrogen-bond acceptors (Lipinski definition) is 6. The van der Waals surface area contributed by atoms with Crippen LogP contribution in [0.1, 0.15) is 24.8 Å². The van der Waals surface area contributed by atoms with E-state index in [2.05, 4.69) is 25.3 Å². The highest BCUT2D eigenvalue weighted by atomic mass is 16.3. The zero-order chi connectivity index (χ0) is 16.1. The molecule has 1 fully saturated rings. The van der Waals surface area contributed by atoms with E-state index in [0.29, 0.717) is 0 Å². The molecule has 2 aromatic rings. The first-order valence-electron chi connectivity index (χ1n) is 8.19. The molecule has 1 aliphatic rings. The Bertz CT molecular complexity index is 629. The second-order valence-corrected chi connectivity index (χ2v) is 5.99. The van der Waals surface area contributed by atoms with Gasteiger partial charge in [-0.3, -0.25) is 4.68 Å². The molecule has 1 saturated heterocycles. The number of rotatable bonds is 7. The summed E-state index contributed by atoms with van der Waals surface area (Å²) in [6.07, 6.45) is 8.60. The van der Waals surface area contributed by atoms with Crippen molar-refractivity contribution in [3.63, 3.8) is 0 Å². The summed E-state index contributed by atoms with van der Waals surface area (Å²) >= 11 is 0. The van der Waals surface area contributed by atoms with Gasteiger partial charge < -0.3 is 15.3 Å². The lowest BCUT2D eigenvalue weighted by atomic mass is 10.2. The van der Waals surface area contributed by atoms with Crippen LogP contribution in [0, 0.1) is 6.92 Å². The maximum absolute atomic E-state index is 9.44. The molecule has 0 amide bonds. The lowest BCUT2D eigenvalue weighted by Gasteiger charge is -2.24. The zero-order valence-corrected chi connectivity index (χ0v) is 13.5. The first-order valence-corrected chi connectivity index (χ1v) is 8.19. The fourth-order valence-electron chi connectivity index (χ4n) is 2.97. The topological polar surface area (TPSA) is 79.1 Å². The molecule has 23 heavy (non-hydrogen) atoms. The van der Waals surface area contributed by atoms with Crippen molar-refractivity contribution in [3.05, 3.63) is 30.4 Å². The molecular weight excluding hydrogens is 292 g/mol. The summed E-state index contributed by atoms with van der Waals surface area (Å²) in [4.78, 5) is 10.8. The van der Waals surface area contributed by atoms with Crippen molar-refractivity contribution >= 4 is 11.6 Å². The number of aliphatic hydroxyl groups is 1. The molecule has 0 aliphatic carbocycles. The molecule has 0 saturated carbocycles. The van der Waals surface area contributed by atoms with E-state index in [1.165, 1.54) is 5.56 Å². The van der Waals surface area contributed by atoms with Gasteiger partial charge in [-0.25, -0.2) is 9.97 Å². The lowest BCUT2D eigenvalue weighted by Crippen LogP contribution is -2.32. The van der Waals surface area contributed by atoms with Gasteiger partial charge in [0.15, 0.2) is 0 Å². The van der Waals surface area contributed by atoms with Gasteiger partial charge in [0.2, 0.25) is 0 Å². The number of anilines is 2. The third-order valence-corrected chi connectivity index (χ3v) is 4.17. The Kier molecular flexibility index (Phi) is 5.07. The summed E-state index contributed by atoms with van der Waals surface area (Å²) in [5.74, 6) is 1.72. The van der Waals surface area contributed by atoms with E-state index in [0.717, 1.165) is 50.5 Å². The zero-order valence-electron chi connectivity index (χ0n) is 13.5. The van der Waals surface area contributed by atoms with Crippen molar-refractivity contribution in [3.8, 4) is 0 Å². The maximum Gasteiger partial charge on any atom is 0.134 e. The summed E-state index contributed by atoms with van der Waals surface area (Å²) < 4.78 is 1.96. The molecule has 0 unspecified atom stereocenters. The van der Waals surface area contributed by atoms with Crippen molar-refractivity contribution < 1.29 is 5.11 Å². The van der Waals surface area contributed by atoms with E-state index in [1.807, 2.05) is 30.1 Å². The third-order valence-electron chi connectivity index (χ3n) is 4.17. The summed E-state index contributed by atoms with van der Waals surface area (Å²) in [6, 6.07) is 2.15. The molecule has 0 aromatic carbocycles. The summed E-state index contributed by atoms with van der Waals surface area (Å²) in [6.45, 7) is 4.88. The lowest BCUT2D eigenvalue weighted by molar-refractivity contribution is 0.266. The van der Waals surface area contributed by atoms with Gasteiger partial charge in [0, 0.05) is 31.9 Å². The smallest absolute Gasteiger partial charge is 0.134 e. The Balaban J connectivity index is 1.51. The Morgan fingerprint density at radius 3 is 3.09 bits per heavy atom. The highest BCUT2D eigenvalue weighted by Gasteiger charge is 2.25. The first kappa shape index (κ1) is 15.7. The monoisotopic (exact) mass is 316 g/mol. The van der Waals surface area contributed by atoms with E-state index >= 15 is 0 Å². The molecular formula is C16H24N6O. The SMILES string of the molecule is Cc1cnn(CCCNc2cc(N3CCC[C@H]3CO)ncn2)c1. The standard InChI is InChI=1S/C16H24N6O/c1-13-9-20-21(10-13)6-3-5-17-15-8-16(19-12-18-15)22-7-2-4-14(22)11-23/h8-10,12,14,23H,2-7,11H2,1H3,(H,17,18,19)/t14-/m0/s1. The summed E-state index contributed by atoms with van der Waals surface area (Å²) in [7, 11) is 0. The Morgan fingerprint density at radius 1 is 1.39 bits per heavy atom. The number of aromatic nitrogens is 4. The molecule has 7 heteroatoms. The Morgan fingerprint density at radius 2 is 2.30 bits per heavy atom. The number of aliphatic hydroxyl groups excluding tert-OH is 1. The van der Waals surface area contributed by atoms with Crippen molar-refractivity contribution in [1.82, 2.24) is 19.7 Å². The largest absolute Gasteiger partial charge is 0.394 e. The number of hydrogen-bond donors (Lipinski definition) is 2. The van der Waals surface area contributed by atoms with Gasteiger partial charge in [0.1, 0.15) is 18.0 Å². The van der Waals surface area contributed by atoms with E-state index < -0.39 is 0 Å². The average molecular weight is 316 g/mol. The van der Waals surface area contributed by atoms with E-state index in [4.69, 9.17) is 0 Å². The van der Waals surface area contributed by atoms with E-state index in [1.54, 1.807) is 6.33 Å². The van der Waals surface area contributed by atoms with Crippen molar-refractivity contribution in [2.75, 3.05) is 29.9 Å². The van der Waals surface area contributed by atoms with Gasteiger partial charge in [-0.15, -0.1) is 0 Å². The van der Waals surface area contributed by atoms with Crippen LogP contribution < -0.4 is 10.2 Å². The Hall–Kier alpha value is -2.15. The van der Waals surface area contributed by atoms with Crippen LogP contribution >= 0.6 is 0 Å². The third kappa shape index (κ3) is 3.98.